The lowest BCUT2D eigenvalue weighted by Gasteiger charge is -2.32. The molecule has 0 N–H and O–H groups in total. The van der Waals surface area contributed by atoms with Crippen LogP contribution < -0.4 is 4.74 Å². The van der Waals surface area contributed by atoms with Crippen molar-refractivity contribution in [3.8, 4) is 5.75 Å². The van der Waals surface area contributed by atoms with Crippen molar-refractivity contribution >= 4 is 21.6 Å². The molecular weight excluding hydrogens is 300 g/mol. The second kappa shape index (κ2) is 5.50. The first-order valence-electron chi connectivity index (χ1n) is 6.82. The van der Waals surface area contributed by atoms with Crippen LogP contribution in [0.3, 0.4) is 0 Å². The van der Waals surface area contributed by atoms with Gasteiger partial charge in [-0.15, -0.1) is 0 Å². The SMILES string of the molecule is O=S(=O)(C1CC1)N1CCC[C@@H](Oc2ccncc2Cl)C1. The fourth-order valence-electron chi connectivity index (χ4n) is 2.45. The number of nitrogens with zero attached hydrogens (tertiary/aromatic N) is 2. The van der Waals surface area contributed by atoms with Crippen molar-refractivity contribution in [3.63, 3.8) is 0 Å². The summed E-state index contributed by atoms with van der Waals surface area (Å²) in [5, 5.41) is 0.292. The number of pyridine rings is 1. The smallest absolute Gasteiger partial charge is 0.217 e. The lowest BCUT2D eigenvalue weighted by atomic mass is 10.1. The number of ether oxygens (including phenoxy) is 1. The quantitative estimate of drug-likeness (QED) is 0.853. The first-order valence-corrected chi connectivity index (χ1v) is 8.70. The monoisotopic (exact) mass is 316 g/mol. The van der Waals surface area contributed by atoms with E-state index in [-0.39, 0.29) is 11.4 Å². The highest BCUT2D eigenvalue weighted by atomic mass is 35.5. The molecule has 110 valence electrons. The van der Waals surface area contributed by atoms with Gasteiger partial charge in [-0.1, -0.05) is 11.6 Å². The van der Waals surface area contributed by atoms with Crippen LogP contribution >= 0.6 is 11.6 Å². The molecule has 1 saturated heterocycles. The molecule has 0 radical (unpaired) electrons. The number of hydrogen-bond acceptors (Lipinski definition) is 4. The summed E-state index contributed by atoms with van der Waals surface area (Å²) in [5.41, 5.74) is 0. The normalized spacial score (nSPS) is 24.6. The van der Waals surface area contributed by atoms with Crippen molar-refractivity contribution < 1.29 is 13.2 Å². The van der Waals surface area contributed by atoms with E-state index in [1.165, 1.54) is 6.20 Å². The first-order chi connectivity index (χ1) is 9.57. The maximum absolute atomic E-state index is 12.2. The molecule has 20 heavy (non-hydrogen) atoms. The van der Waals surface area contributed by atoms with Crippen molar-refractivity contribution in [3.05, 3.63) is 23.5 Å². The minimum atomic E-state index is -3.12. The summed E-state index contributed by atoms with van der Waals surface area (Å²) in [6, 6.07) is 1.71. The number of piperidine rings is 1. The van der Waals surface area contributed by atoms with Crippen LogP contribution in [0, 0.1) is 0 Å². The highest BCUT2D eigenvalue weighted by Gasteiger charge is 2.41. The van der Waals surface area contributed by atoms with E-state index in [1.807, 2.05) is 0 Å². The van der Waals surface area contributed by atoms with Gasteiger partial charge in [-0.25, -0.2) is 8.42 Å². The van der Waals surface area contributed by atoms with Crippen LogP contribution in [-0.2, 0) is 10.0 Å². The zero-order chi connectivity index (χ0) is 14.2. The van der Waals surface area contributed by atoms with Gasteiger partial charge in [0.15, 0.2) is 0 Å². The van der Waals surface area contributed by atoms with Crippen LogP contribution in [0.4, 0.5) is 0 Å². The molecule has 7 heteroatoms. The van der Waals surface area contributed by atoms with Gasteiger partial charge in [0.25, 0.3) is 0 Å². The molecule has 0 spiro atoms. The zero-order valence-electron chi connectivity index (χ0n) is 11.0. The van der Waals surface area contributed by atoms with Crippen molar-refractivity contribution in [1.29, 1.82) is 0 Å². The van der Waals surface area contributed by atoms with Crippen LogP contribution in [0.15, 0.2) is 18.5 Å². The maximum atomic E-state index is 12.2. The molecule has 2 fully saturated rings. The maximum Gasteiger partial charge on any atom is 0.217 e. The van der Waals surface area contributed by atoms with Crippen LogP contribution in [0.25, 0.3) is 0 Å². The van der Waals surface area contributed by atoms with Gasteiger partial charge in [0.1, 0.15) is 16.9 Å². The molecule has 5 nitrogen and oxygen atoms in total. The van der Waals surface area contributed by atoms with Crippen LogP contribution in [0.2, 0.25) is 5.02 Å². The number of sulfonamides is 1. The Hall–Kier alpha value is -0.850. The Bertz CT molecular complexity index is 589. The molecule has 2 aliphatic rings. The standard InChI is InChI=1S/C13H17ClN2O3S/c14-12-8-15-6-5-13(12)19-10-2-1-7-16(9-10)20(17,18)11-3-4-11/h5-6,8,10-11H,1-4,7,9H2/t10-/m1/s1. The first kappa shape index (κ1) is 14.1. The summed E-state index contributed by atoms with van der Waals surface area (Å²) in [6.07, 6.45) is 6.24. The molecule has 3 rings (SSSR count). The van der Waals surface area contributed by atoms with Gasteiger partial charge >= 0.3 is 0 Å². The average Bonchev–Trinajstić information content (AvgIpc) is 3.27. The van der Waals surface area contributed by atoms with Gasteiger partial charge in [-0.05, 0) is 25.7 Å². The van der Waals surface area contributed by atoms with Crippen LogP contribution in [0.5, 0.6) is 5.75 Å². The average molecular weight is 317 g/mol. The summed E-state index contributed by atoms with van der Waals surface area (Å²) >= 11 is 6.01. The van der Waals surface area contributed by atoms with Gasteiger partial charge in [0.05, 0.1) is 11.8 Å². The zero-order valence-corrected chi connectivity index (χ0v) is 12.6. The summed E-state index contributed by atoms with van der Waals surface area (Å²) in [7, 11) is -3.12. The Kier molecular flexibility index (Phi) is 3.88. The molecule has 2 heterocycles. The van der Waals surface area contributed by atoms with E-state index in [0.29, 0.717) is 23.9 Å². The van der Waals surface area contributed by atoms with E-state index in [0.717, 1.165) is 25.7 Å². The van der Waals surface area contributed by atoms with Crippen molar-refractivity contribution in [2.24, 2.45) is 0 Å². The largest absolute Gasteiger partial charge is 0.487 e. The lowest BCUT2D eigenvalue weighted by Crippen LogP contribution is -2.45. The second-order valence-electron chi connectivity index (χ2n) is 5.29. The van der Waals surface area contributed by atoms with Gasteiger partial charge in [0, 0.05) is 25.0 Å². The molecule has 1 aliphatic carbocycles. The Labute approximate surface area is 123 Å². The molecule has 0 amide bonds. The summed E-state index contributed by atoms with van der Waals surface area (Å²) < 4.78 is 31.9. The molecule has 1 atom stereocenters. The lowest BCUT2D eigenvalue weighted by molar-refractivity contribution is 0.129. The van der Waals surface area contributed by atoms with Gasteiger partial charge < -0.3 is 4.74 Å². The van der Waals surface area contributed by atoms with Gasteiger partial charge in [0.2, 0.25) is 10.0 Å². The molecule has 1 aromatic rings. The molecule has 0 bridgehead atoms. The molecule has 0 aromatic carbocycles. The summed E-state index contributed by atoms with van der Waals surface area (Å²) in [5.74, 6) is 0.567. The van der Waals surface area contributed by atoms with Gasteiger partial charge in [-0.3, -0.25) is 4.98 Å². The van der Waals surface area contributed by atoms with Crippen LogP contribution in [0.1, 0.15) is 25.7 Å². The highest BCUT2D eigenvalue weighted by molar-refractivity contribution is 7.90. The fourth-order valence-corrected chi connectivity index (χ4v) is 4.52. The molecular formula is C13H17ClN2O3S. The topological polar surface area (TPSA) is 59.5 Å². The van der Waals surface area contributed by atoms with Crippen molar-refractivity contribution in [2.45, 2.75) is 37.0 Å². The Morgan fingerprint density at radius 2 is 2.15 bits per heavy atom. The predicted octanol–water partition coefficient (Wildman–Crippen LogP) is 2.07. The third-order valence-corrected chi connectivity index (χ3v) is 6.32. The predicted molar refractivity (Wildman–Crippen MR) is 76.4 cm³/mol. The third kappa shape index (κ3) is 2.92. The Morgan fingerprint density at radius 1 is 1.35 bits per heavy atom. The van der Waals surface area contributed by atoms with Crippen LogP contribution in [-0.4, -0.2) is 42.2 Å². The van der Waals surface area contributed by atoms with E-state index in [2.05, 4.69) is 4.98 Å². The number of hydrogen-bond donors (Lipinski definition) is 0. The number of halogens is 1. The summed E-state index contributed by atoms with van der Waals surface area (Å²) in [4.78, 5) is 3.91. The van der Waals surface area contributed by atoms with E-state index in [4.69, 9.17) is 16.3 Å². The molecule has 1 saturated carbocycles. The van der Waals surface area contributed by atoms with Gasteiger partial charge in [-0.2, -0.15) is 4.31 Å². The molecule has 1 aliphatic heterocycles. The highest BCUT2D eigenvalue weighted by Crippen LogP contribution is 2.33. The Balaban J connectivity index is 1.68. The van der Waals surface area contributed by atoms with Crippen molar-refractivity contribution in [1.82, 2.24) is 9.29 Å². The van der Waals surface area contributed by atoms with Crippen molar-refractivity contribution in [2.75, 3.05) is 13.1 Å². The Morgan fingerprint density at radius 3 is 2.85 bits per heavy atom. The van der Waals surface area contributed by atoms with E-state index >= 15 is 0 Å². The van der Waals surface area contributed by atoms with E-state index in [1.54, 1.807) is 16.6 Å². The number of aromatic nitrogens is 1. The second-order valence-corrected chi connectivity index (χ2v) is 7.91. The van der Waals surface area contributed by atoms with E-state index in [9.17, 15) is 8.42 Å². The molecule has 0 unspecified atom stereocenters. The van der Waals surface area contributed by atoms with E-state index < -0.39 is 10.0 Å². The third-order valence-electron chi connectivity index (χ3n) is 3.68. The number of rotatable bonds is 4. The molecule has 1 aromatic heterocycles. The fraction of sp³-hybridized carbons (Fsp3) is 0.615. The minimum absolute atomic E-state index is 0.142. The summed E-state index contributed by atoms with van der Waals surface area (Å²) in [6.45, 7) is 1.01. The minimum Gasteiger partial charge on any atom is -0.487 e.